The second-order valence-electron chi connectivity index (χ2n) is 19.1. The van der Waals surface area contributed by atoms with Crippen LogP contribution in [0.15, 0.2) is 0 Å². The number of carbonyl (C=O) groups excluding carboxylic acids is 1. The fraction of sp³-hybridized carbons (Fsp3) is 0.981. The lowest BCUT2D eigenvalue weighted by molar-refractivity contribution is -0.146. The zero-order chi connectivity index (χ0) is 45.6. The number of rotatable bonds is 51. The standard InChI is InChI=1S/C52H109N5O5/c1-3-4-45-57(55-44-39-43-54)46-38-41-48(56-52(62)51(61)50(60)49(59)47(2)58)40-36-34-32-30-28-26-24-22-20-18-16-14-12-10-8-6-5-7-9-11-13-15-17-19-21-23-25-27-29-31-33-35-37-42-53/h47-51,55,58-61H,3-46,53-54H2,1-2H3,(H,56,62)/t47-,48?,49-,50+,51-/m1/s1. The van der Waals surface area contributed by atoms with Crippen molar-refractivity contribution in [3.8, 4) is 0 Å². The quantitative estimate of drug-likeness (QED) is 0.0218. The number of hydrogen-bond acceptors (Lipinski definition) is 9. The van der Waals surface area contributed by atoms with Gasteiger partial charge in [-0.1, -0.05) is 219 Å². The first-order valence-electron chi connectivity index (χ1n) is 27.2. The lowest BCUT2D eigenvalue weighted by Crippen LogP contribution is -2.52. The van der Waals surface area contributed by atoms with E-state index in [1.165, 1.54) is 206 Å². The van der Waals surface area contributed by atoms with E-state index in [9.17, 15) is 25.2 Å². The van der Waals surface area contributed by atoms with Crippen molar-refractivity contribution in [1.82, 2.24) is 15.8 Å². The highest BCUT2D eigenvalue weighted by Crippen LogP contribution is 2.18. The summed E-state index contributed by atoms with van der Waals surface area (Å²) in [5, 5.41) is 45.4. The van der Waals surface area contributed by atoms with Crippen molar-refractivity contribution < 1.29 is 25.2 Å². The lowest BCUT2D eigenvalue weighted by Gasteiger charge is -2.27. The van der Waals surface area contributed by atoms with Crippen molar-refractivity contribution in [2.45, 2.75) is 295 Å². The maximum atomic E-state index is 12.9. The van der Waals surface area contributed by atoms with Gasteiger partial charge in [0.25, 0.3) is 5.91 Å². The number of aliphatic hydroxyl groups is 4. The molecular weight excluding hydrogens is 775 g/mol. The molecule has 0 aliphatic carbocycles. The van der Waals surface area contributed by atoms with Crippen molar-refractivity contribution in [2.24, 2.45) is 11.5 Å². The Morgan fingerprint density at radius 1 is 0.452 bits per heavy atom. The molecule has 0 bridgehead atoms. The second-order valence-corrected chi connectivity index (χ2v) is 19.1. The predicted octanol–water partition coefficient (Wildman–Crippen LogP) is 10.9. The Balaban J connectivity index is 3.85. The fourth-order valence-electron chi connectivity index (χ4n) is 8.70. The van der Waals surface area contributed by atoms with Crippen LogP contribution in [0.1, 0.15) is 264 Å². The maximum Gasteiger partial charge on any atom is 0.251 e. The van der Waals surface area contributed by atoms with Crippen LogP contribution in [0.25, 0.3) is 0 Å². The minimum atomic E-state index is -1.80. The molecule has 0 rings (SSSR count). The average molecular weight is 884 g/mol. The molecule has 0 saturated heterocycles. The molecule has 0 aromatic rings. The van der Waals surface area contributed by atoms with Gasteiger partial charge in [0.15, 0.2) is 6.10 Å². The van der Waals surface area contributed by atoms with E-state index in [1.54, 1.807) is 0 Å². The van der Waals surface area contributed by atoms with Gasteiger partial charge in [-0.2, -0.15) is 0 Å². The number of unbranched alkanes of at least 4 members (excludes halogenated alkanes) is 33. The van der Waals surface area contributed by atoms with E-state index in [2.05, 4.69) is 22.7 Å². The molecule has 0 aromatic heterocycles. The lowest BCUT2D eigenvalue weighted by atomic mass is 9.99. The van der Waals surface area contributed by atoms with Crippen LogP contribution in [0.2, 0.25) is 0 Å². The monoisotopic (exact) mass is 884 g/mol. The maximum absolute atomic E-state index is 12.9. The van der Waals surface area contributed by atoms with E-state index in [4.69, 9.17) is 11.5 Å². The molecule has 10 N–H and O–H groups in total. The number of amides is 1. The second kappa shape index (κ2) is 48.1. The fourth-order valence-corrected chi connectivity index (χ4v) is 8.70. The Bertz CT molecular complexity index is 902. The van der Waals surface area contributed by atoms with E-state index >= 15 is 0 Å². The van der Waals surface area contributed by atoms with Crippen LogP contribution < -0.4 is 22.2 Å². The largest absolute Gasteiger partial charge is 0.391 e. The number of hydrogen-bond donors (Lipinski definition) is 8. The van der Waals surface area contributed by atoms with Gasteiger partial charge in [0.05, 0.1) is 6.10 Å². The Labute approximate surface area is 384 Å². The summed E-state index contributed by atoms with van der Waals surface area (Å²) in [6.07, 6.45) is 44.5. The van der Waals surface area contributed by atoms with E-state index < -0.39 is 30.3 Å². The Hall–Kier alpha value is -0.850. The molecule has 1 amide bonds. The van der Waals surface area contributed by atoms with Crippen LogP contribution in [-0.4, -0.2) is 94.5 Å². The summed E-state index contributed by atoms with van der Waals surface area (Å²) in [4.78, 5) is 12.9. The molecular formula is C52H109N5O5. The number of aliphatic hydroxyl groups excluding tert-OH is 4. The van der Waals surface area contributed by atoms with Crippen LogP contribution >= 0.6 is 0 Å². The minimum absolute atomic E-state index is 0.133. The van der Waals surface area contributed by atoms with E-state index in [1.807, 2.05) is 0 Å². The predicted molar refractivity (Wildman–Crippen MR) is 265 cm³/mol. The molecule has 0 saturated carbocycles. The summed E-state index contributed by atoms with van der Waals surface area (Å²) in [6.45, 7) is 7.66. The van der Waals surface area contributed by atoms with Crippen LogP contribution in [0.5, 0.6) is 0 Å². The van der Waals surface area contributed by atoms with Crippen LogP contribution in [-0.2, 0) is 4.79 Å². The first kappa shape index (κ1) is 61.1. The van der Waals surface area contributed by atoms with Crippen LogP contribution in [0, 0.1) is 0 Å². The van der Waals surface area contributed by atoms with Gasteiger partial charge in [0.2, 0.25) is 0 Å². The van der Waals surface area contributed by atoms with Gasteiger partial charge in [0, 0.05) is 25.7 Å². The first-order valence-corrected chi connectivity index (χ1v) is 27.2. The molecule has 0 radical (unpaired) electrons. The molecule has 0 fully saturated rings. The summed E-state index contributed by atoms with van der Waals surface area (Å²) in [6, 6.07) is -0.133. The molecule has 62 heavy (non-hydrogen) atoms. The van der Waals surface area contributed by atoms with Crippen molar-refractivity contribution >= 4 is 5.91 Å². The highest BCUT2D eigenvalue weighted by Gasteiger charge is 2.33. The molecule has 10 nitrogen and oxygen atoms in total. The van der Waals surface area contributed by atoms with Crippen molar-refractivity contribution in [2.75, 3.05) is 32.7 Å². The molecule has 372 valence electrons. The van der Waals surface area contributed by atoms with Gasteiger partial charge in [0.1, 0.15) is 12.2 Å². The van der Waals surface area contributed by atoms with Crippen molar-refractivity contribution in [1.29, 1.82) is 0 Å². The molecule has 0 aliphatic rings. The number of hydrazine groups is 1. The number of nitrogens with one attached hydrogen (secondary N) is 2. The third kappa shape index (κ3) is 40.6. The summed E-state index contributed by atoms with van der Waals surface area (Å²) in [5.74, 6) is -0.703. The minimum Gasteiger partial charge on any atom is -0.391 e. The number of carbonyl (C=O) groups is 1. The molecule has 5 atom stereocenters. The Morgan fingerprint density at radius 2 is 0.774 bits per heavy atom. The van der Waals surface area contributed by atoms with Gasteiger partial charge in [-0.3, -0.25) is 10.2 Å². The molecule has 1 unspecified atom stereocenters. The molecule has 0 spiro atoms. The van der Waals surface area contributed by atoms with Crippen LogP contribution in [0.3, 0.4) is 0 Å². The van der Waals surface area contributed by atoms with Crippen molar-refractivity contribution in [3.63, 3.8) is 0 Å². The summed E-state index contributed by atoms with van der Waals surface area (Å²) >= 11 is 0. The van der Waals surface area contributed by atoms with Gasteiger partial charge >= 0.3 is 0 Å². The van der Waals surface area contributed by atoms with E-state index in [-0.39, 0.29) is 6.04 Å². The SMILES string of the molecule is CCCCN(CCCC(CCCCCCCCCCCCCCCCCCCCCCCCCCCCCCCCCCCN)NC(=O)[C@H](O)[C@@H](O)[C@H](O)[C@@H](C)O)NCCCN. The zero-order valence-corrected chi connectivity index (χ0v) is 41.3. The number of nitrogens with two attached hydrogens (primary N) is 2. The smallest absolute Gasteiger partial charge is 0.251 e. The highest BCUT2D eigenvalue weighted by atomic mass is 16.4. The topological polar surface area (TPSA) is 177 Å². The van der Waals surface area contributed by atoms with E-state index in [0.717, 1.165) is 77.5 Å². The third-order valence-electron chi connectivity index (χ3n) is 13.0. The molecule has 10 heteroatoms. The van der Waals surface area contributed by atoms with Gasteiger partial charge < -0.3 is 37.2 Å². The summed E-state index contributed by atoms with van der Waals surface area (Å²) in [7, 11) is 0. The summed E-state index contributed by atoms with van der Waals surface area (Å²) in [5.41, 5.74) is 14.7. The average Bonchev–Trinajstić information content (AvgIpc) is 3.27. The molecule has 0 heterocycles. The molecule has 0 aliphatic heterocycles. The number of nitrogens with zero attached hydrogens (tertiary/aromatic N) is 1. The van der Waals surface area contributed by atoms with Crippen LogP contribution in [0.4, 0.5) is 0 Å². The van der Waals surface area contributed by atoms with Gasteiger partial charge in [-0.15, -0.1) is 0 Å². The Morgan fingerprint density at radius 3 is 1.11 bits per heavy atom. The van der Waals surface area contributed by atoms with E-state index in [0.29, 0.717) is 6.54 Å². The normalized spacial score (nSPS) is 14.3. The summed E-state index contributed by atoms with van der Waals surface area (Å²) < 4.78 is 0. The van der Waals surface area contributed by atoms with Gasteiger partial charge in [-0.05, 0) is 58.5 Å². The van der Waals surface area contributed by atoms with Gasteiger partial charge in [-0.25, -0.2) is 5.01 Å². The highest BCUT2D eigenvalue weighted by molar-refractivity contribution is 5.81. The third-order valence-corrected chi connectivity index (χ3v) is 13.0. The Kier molecular flexibility index (Phi) is 47.4. The first-order chi connectivity index (χ1) is 30.3. The van der Waals surface area contributed by atoms with Crippen molar-refractivity contribution in [3.05, 3.63) is 0 Å². The zero-order valence-electron chi connectivity index (χ0n) is 41.3. The molecule has 0 aromatic carbocycles.